The van der Waals surface area contributed by atoms with Gasteiger partial charge in [-0.3, -0.25) is 14.4 Å². The van der Waals surface area contributed by atoms with Gasteiger partial charge in [0, 0.05) is 22.4 Å². The number of carbonyl (C=O) groups excluding carboxylic acids is 3. The molecule has 0 spiro atoms. The molecule has 0 fully saturated rings. The number of anilines is 1. The van der Waals surface area contributed by atoms with Crippen molar-refractivity contribution >= 4 is 47.1 Å². The molecule has 6 nitrogen and oxygen atoms in total. The maximum absolute atomic E-state index is 12.5. The number of pyridine rings is 1. The topological polar surface area (TPSA) is 99.9 Å². The predicted molar refractivity (Wildman–Crippen MR) is 135 cm³/mol. The van der Waals surface area contributed by atoms with Gasteiger partial charge in [-0.05, 0) is 50.6 Å². The van der Waals surface area contributed by atoms with Crippen molar-refractivity contribution in [2.45, 2.75) is 25.8 Å². The van der Waals surface area contributed by atoms with Crippen LogP contribution in [0.2, 0.25) is 0 Å². The Morgan fingerprint density at radius 3 is 2.26 bits per heavy atom. The van der Waals surface area contributed by atoms with E-state index in [1.165, 1.54) is 13.8 Å². The van der Waals surface area contributed by atoms with Crippen LogP contribution in [0.3, 0.4) is 0 Å². The van der Waals surface area contributed by atoms with Gasteiger partial charge in [-0.15, -0.1) is 0 Å². The smallest absolute Gasteiger partial charge is 0.234 e. The molecule has 0 radical (unpaired) electrons. The summed E-state index contributed by atoms with van der Waals surface area (Å²) < 4.78 is 0. The minimum atomic E-state index is -0.277. The third-order valence-electron chi connectivity index (χ3n) is 5.00. The summed E-state index contributed by atoms with van der Waals surface area (Å²) in [5, 5.41) is 13.0. The highest BCUT2D eigenvalue weighted by atomic mass is 32.2. The number of nitrogens with one attached hydrogen (secondary N) is 1. The van der Waals surface area contributed by atoms with Crippen LogP contribution in [0.1, 0.15) is 56.9 Å². The van der Waals surface area contributed by atoms with E-state index in [2.05, 4.69) is 16.4 Å². The number of ketones is 2. The average Bonchev–Trinajstić information content (AvgIpc) is 2.81. The van der Waals surface area contributed by atoms with Crippen LogP contribution in [0.15, 0.2) is 59.6 Å². The van der Waals surface area contributed by atoms with Crippen molar-refractivity contribution in [1.82, 2.24) is 4.98 Å². The summed E-state index contributed by atoms with van der Waals surface area (Å²) in [4.78, 5) is 40.7. The number of rotatable bonds is 8. The van der Waals surface area contributed by atoms with Gasteiger partial charge in [-0.25, -0.2) is 4.98 Å². The zero-order valence-electron chi connectivity index (χ0n) is 19.1. The lowest BCUT2D eigenvalue weighted by Gasteiger charge is -2.13. The number of Topliss-reactive ketones (excluding diaryl/α,β-unsaturated/α-hetero) is 2. The monoisotopic (exact) mass is 469 g/mol. The Morgan fingerprint density at radius 2 is 1.68 bits per heavy atom. The number of thioether (sulfide) groups is 1. The van der Waals surface area contributed by atoms with E-state index in [1.807, 2.05) is 36.4 Å². The van der Waals surface area contributed by atoms with E-state index in [-0.39, 0.29) is 28.8 Å². The van der Waals surface area contributed by atoms with E-state index in [9.17, 15) is 19.6 Å². The summed E-state index contributed by atoms with van der Waals surface area (Å²) in [6.45, 7) is 4.65. The third kappa shape index (κ3) is 6.06. The molecule has 0 saturated heterocycles. The predicted octanol–water partition coefficient (Wildman–Crippen LogP) is 5.57. The number of aromatic nitrogens is 1. The Kier molecular flexibility index (Phi) is 8.12. The fraction of sp³-hybridized carbons (Fsp3) is 0.148. The first-order chi connectivity index (χ1) is 16.3. The summed E-state index contributed by atoms with van der Waals surface area (Å²) in [5.41, 5.74) is 3.71. The molecule has 3 aromatic rings. The number of benzene rings is 2. The van der Waals surface area contributed by atoms with Gasteiger partial charge < -0.3 is 5.32 Å². The van der Waals surface area contributed by atoms with Gasteiger partial charge in [0.05, 0.1) is 17.0 Å². The molecule has 1 N–H and O–H groups in total. The van der Waals surface area contributed by atoms with E-state index in [0.29, 0.717) is 33.1 Å². The van der Waals surface area contributed by atoms with Crippen LogP contribution >= 0.6 is 11.8 Å². The highest BCUT2D eigenvalue weighted by Gasteiger charge is 2.20. The van der Waals surface area contributed by atoms with E-state index in [1.54, 1.807) is 37.3 Å². The molecule has 0 atom stereocenters. The third-order valence-corrected chi connectivity index (χ3v) is 5.98. The number of nitriles is 1. The first-order valence-electron chi connectivity index (χ1n) is 10.5. The largest absolute Gasteiger partial charge is 0.325 e. The van der Waals surface area contributed by atoms with Gasteiger partial charge in [0.1, 0.15) is 11.1 Å². The van der Waals surface area contributed by atoms with Crippen molar-refractivity contribution in [3.8, 4) is 6.07 Å². The van der Waals surface area contributed by atoms with Gasteiger partial charge in [0.2, 0.25) is 5.91 Å². The molecule has 1 aromatic heterocycles. The molecule has 170 valence electrons. The Balaban J connectivity index is 1.85. The normalized spacial score (nSPS) is 10.6. The molecule has 3 rings (SSSR count). The van der Waals surface area contributed by atoms with Crippen molar-refractivity contribution < 1.29 is 14.4 Å². The number of carbonyl (C=O) groups is 3. The van der Waals surface area contributed by atoms with E-state index in [0.717, 1.165) is 17.3 Å². The van der Waals surface area contributed by atoms with Crippen molar-refractivity contribution in [3.63, 3.8) is 0 Å². The molecular weight excluding hydrogens is 446 g/mol. The van der Waals surface area contributed by atoms with Crippen LogP contribution in [-0.2, 0) is 4.79 Å². The van der Waals surface area contributed by atoms with Crippen LogP contribution < -0.4 is 5.32 Å². The molecule has 7 heteroatoms. The second-order valence-corrected chi connectivity index (χ2v) is 8.51. The number of nitrogens with zero attached hydrogens (tertiary/aromatic N) is 2. The maximum atomic E-state index is 12.5. The van der Waals surface area contributed by atoms with Gasteiger partial charge in [0.25, 0.3) is 0 Å². The molecule has 0 aliphatic heterocycles. The zero-order valence-corrected chi connectivity index (χ0v) is 19.9. The highest BCUT2D eigenvalue weighted by molar-refractivity contribution is 8.00. The molecule has 0 aliphatic carbocycles. The second-order valence-electron chi connectivity index (χ2n) is 7.55. The van der Waals surface area contributed by atoms with Gasteiger partial charge in [0.15, 0.2) is 11.6 Å². The molecule has 34 heavy (non-hydrogen) atoms. The lowest BCUT2D eigenvalue weighted by atomic mass is 9.98. The quantitative estimate of drug-likeness (QED) is 0.342. The van der Waals surface area contributed by atoms with Gasteiger partial charge >= 0.3 is 0 Å². The van der Waals surface area contributed by atoms with E-state index >= 15 is 0 Å². The molecule has 0 bridgehead atoms. The van der Waals surface area contributed by atoms with Crippen LogP contribution in [0.25, 0.3) is 12.2 Å². The lowest BCUT2D eigenvalue weighted by Crippen LogP contribution is -2.15. The molecule has 2 aromatic carbocycles. The fourth-order valence-electron chi connectivity index (χ4n) is 3.39. The summed E-state index contributed by atoms with van der Waals surface area (Å²) >= 11 is 1.13. The van der Waals surface area contributed by atoms with Gasteiger partial charge in [-0.1, -0.05) is 54.2 Å². The summed E-state index contributed by atoms with van der Waals surface area (Å²) in [5.74, 6) is -0.486. The van der Waals surface area contributed by atoms with E-state index in [4.69, 9.17) is 0 Å². The average molecular weight is 470 g/mol. The minimum absolute atomic E-state index is 0.0246. The molecule has 0 saturated carbocycles. The molecule has 0 aliphatic rings. The van der Waals surface area contributed by atoms with Crippen molar-refractivity contribution in [2.24, 2.45) is 0 Å². The lowest BCUT2D eigenvalue weighted by molar-refractivity contribution is -0.113. The summed E-state index contributed by atoms with van der Waals surface area (Å²) in [6, 6.07) is 18.4. The molecule has 0 unspecified atom stereocenters. The Labute approximate surface area is 202 Å². The SMILES string of the molecule is CC(=O)c1ccc(NC(=O)CSc2nc(C)c(C(C)=O)c(/C=C/c3ccccc3)c2C#N)cc1. The molecule has 1 heterocycles. The Morgan fingerprint density at radius 1 is 1.00 bits per heavy atom. The number of hydrogen-bond acceptors (Lipinski definition) is 6. The Bertz CT molecular complexity index is 1310. The van der Waals surface area contributed by atoms with Crippen LogP contribution in [0.5, 0.6) is 0 Å². The number of aryl methyl sites for hydroxylation is 1. The Hall–Kier alpha value is -4.02. The first kappa shape index (κ1) is 24.6. The fourth-order valence-corrected chi connectivity index (χ4v) is 4.23. The summed E-state index contributed by atoms with van der Waals surface area (Å²) in [6.07, 6.45) is 3.59. The second kappa shape index (κ2) is 11.2. The van der Waals surface area contributed by atoms with Crippen molar-refractivity contribution in [1.29, 1.82) is 5.26 Å². The first-order valence-corrected chi connectivity index (χ1v) is 11.5. The maximum Gasteiger partial charge on any atom is 0.234 e. The summed E-state index contributed by atoms with van der Waals surface area (Å²) in [7, 11) is 0. The zero-order chi connectivity index (χ0) is 24.7. The minimum Gasteiger partial charge on any atom is -0.325 e. The highest BCUT2D eigenvalue weighted by Crippen LogP contribution is 2.29. The van der Waals surface area contributed by atoms with E-state index < -0.39 is 0 Å². The van der Waals surface area contributed by atoms with Crippen LogP contribution in [0, 0.1) is 18.3 Å². The van der Waals surface area contributed by atoms with Crippen LogP contribution in [0.4, 0.5) is 5.69 Å². The van der Waals surface area contributed by atoms with Crippen LogP contribution in [-0.4, -0.2) is 28.2 Å². The number of amides is 1. The number of hydrogen-bond donors (Lipinski definition) is 1. The van der Waals surface area contributed by atoms with Gasteiger partial charge in [-0.2, -0.15) is 5.26 Å². The van der Waals surface area contributed by atoms with Crippen molar-refractivity contribution in [3.05, 3.63) is 88.1 Å². The molecule has 1 amide bonds. The standard InChI is InChI=1S/C27H23N3O3S/c1-17-26(19(3)32)23(14-9-20-7-5-4-6-8-20)24(15-28)27(29-17)34-16-25(33)30-22-12-10-21(11-13-22)18(2)31/h4-14H,16H2,1-3H3,(H,30,33)/b14-9+. The molecular formula is C27H23N3O3S. The van der Waals surface area contributed by atoms with Crippen molar-refractivity contribution in [2.75, 3.05) is 11.1 Å².